The molecule has 0 aliphatic carbocycles. The summed E-state index contributed by atoms with van der Waals surface area (Å²) in [4.78, 5) is 11.1. The summed E-state index contributed by atoms with van der Waals surface area (Å²) in [6, 6.07) is 4.99. The van der Waals surface area contributed by atoms with Crippen LogP contribution in [0.1, 0.15) is 26.3 Å². The van der Waals surface area contributed by atoms with Crippen LogP contribution in [0, 0.1) is 0 Å². The minimum Gasteiger partial charge on any atom is -0.495 e. The van der Waals surface area contributed by atoms with E-state index in [2.05, 4.69) is 33.6 Å². The molecule has 0 saturated carbocycles. The molecule has 0 aliphatic rings. The SMILES string of the molecule is COc1ccc(C(C)(C)C)cc1N(S)C(N)=O. The zero-order chi connectivity index (χ0) is 13.2. The van der Waals surface area contributed by atoms with Gasteiger partial charge in [-0.15, -0.1) is 0 Å². The number of thiol groups is 1. The summed E-state index contributed by atoms with van der Waals surface area (Å²) in [5.41, 5.74) is 6.81. The summed E-state index contributed by atoms with van der Waals surface area (Å²) >= 11 is 4.06. The van der Waals surface area contributed by atoms with Crippen LogP contribution in [0.3, 0.4) is 0 Å². The third kappa shape index (κ3) is 3.06. The summed E-state index contributed by atoms with van der Waals surface area (Å²) in [6.07, 6.45) is 0. The average Bonchev–Trinajstić information content (AvgIpc) is 2.25. The van der Waals surface area contributed by atoms with Crippen molar-refractivity contribution >= 4 is 24.5 Å². The van der Waals surface area contributed by atoms with Crippen LogP contribution >= 0.6 is 12.8 Å². The molecule has 17 heavy (non-hydrogen) atoms. The molecule has 0 fully saturated rings. The first-order chi connectivity index (χ1) is 7.77. The van der Waals surface area contributed by atoms with Gasteiger partial charge in [0.1, 0.15) is 5.75 Å². The quantitative estimate of drug-likeness (QED) is 0.797. The minimum atomic E-state index is -0.641. The summed E-state index contributed by atoms with van der Waals surface area (Å²) in [6.45, 7) is 6.27. The van der Waals surface area contributed by atoms with E-state index in [0.717, 1.165) is 9.87 Å². The van der Waals surface area contributed by atoms with Crippen molar-refractivity contribution in [3.63, 3.8) is 0 Å². The second-order valence-corrected chi connectivity index (χ2v) is 5.19. The Morgan fingerprint density at radius 1 is 1.41 bits per heavy atom. The predicted molar refractivity (Wildman–Crippen MR) is 72.7 cm³/mol. The highest BCUT2D eigenvalue weighted by molar-refractivity contribution is 7.82. The van der Waals surface area contributed by atoms with Crippen molar-refractivity contribution in [1.82, 2.24) is 0 Å². The molecule has 0 aromatic heterocycles. The van der Waals surface area contributed by atoms with Crippen LogP contribution < -0.4 is 14.8 Å². The van der Waals surface area contributed by atoms with E-state index in [0.29, 0.717) is 11.4 Å². The van der Waals surface area contributed by atoms with Crippen molar-refractivity contribution in [3.05, 3.63) is 23.8 Å². The van der Waals surface area contributed by atoms with E-state index in [4.69, 9.17) is 10.5 Å². The van der Waals surface area contributed by atoms with Crippen LogP contribution in [-0.4, -0.2) is 13.1 Å². The first-order valence-corrected chi connectivity index (χ1v) is 5.64. The molecule has 0 unspecified atom stereocenters. The highest BCUT2D eigenvalue weighted by Crippen LogP contribution is 2.34. The Morgan fingerprint density at radius 3 is 2.41 bits per heavy atom. The van der Waals surface area contributed by atoms with Crippen molar-refractivity contribution in [2.75, 3.05) is 11.4 Å². The number of nitrogens with zero attached hydrogens (tertiary/aromatic N) is 1. The molecule has 5 heteroatoms. The summed E-state index contributed by atoms with van der Waals surface area (Å²) in [5.74, 6) is 0.562. The van der Waals surface area contributed by atoms with Crippen molar-refractivity contribution < 1.29 is 9.53 Å². The first kappa shape index (κ1) is 13.7. The van der Waals surface area contributed by atoms with Gasteiger partial charge in [0.15, 0.2) is 0 Å². The van der Waals surface area contributed by atoms with Crippen LogP contribution in [0.5, 0.6) is 5.75 Å². The van der Waals surface area contributed by atoms with E-state index in [-0.39, 0.29) is 5.41 Å². The summed E-state index contributed by atoms with van der Waals surface area (Å²) in [5, 5.41) is 0. The molecule has 0 atom stereocenters. The zero-order valence-corrected chi connectivity index (χ0v) is 11.4. The Hall–Kier alpha value is -1.36. The molecular weight excluding hydrogens is 236 g/mol. The molecule has 0 saturated heterocycles. The number of hydrogen-bond donors (Lipinski definition) is 2. The lowest BCUT2D eigenvalue weighted by Gasteiger charge is -2.23. The topological polar surface area (TPSA) is 55.6 Å². The molecule has 0 spiro atoms. The number of anilines is 1. The molecule has 94 valence electrons. The third-order valence-electron chi connectivity index (χ3n) is 2.48. The largest absolute Gasteiger partial charge is 0.495 e. The normalized spacial score (nSPS) is 11.1. The number of ether oxygens (including phenoxy) is 1. The second-order valence-electron chi connectivity index (χ2n) is 4.79. The number of amides is 2. The molecule has 2 amide bonds. The third-order valence-corrected chi connectivity index (χ3v) is 2.89. The summed E-state index contributed by atoms with van der Waals surface area (Å²) < 4.78 is 6.26. The molecule has 0 bridgehead atoms. The molecule has 0 heterocycles. The van der Waals surface area contributed by atoms with Crippen LogP contribution in [0.4, 0.5) is 10.5 Å². The number of primary amides is 1. The lowest BCUT2D eigenvalue weighted by molar-refractivity contribution is 0.257. The predicted octanol–water partition coefficient (Wildman–Crippen LogP) is 2.72. The second kappa shape index (κ2) is 4.87. The number of hydrogen-bond acceptors (Lipinski definition) is 3. The van der Waals surface area contributed by atoms with Gasteiger partial charge in [-0.1, -0.05) is 39.7 Å². The van der Waals surface area contributed by atoms with Gasteiger partial charge < -0.3 is 10.5 Å². The Kier molecular flexibility index (Phi) is 3.93. The smallest absolute Gasteiger partial charge is 0.329 e. The van der Waals surface area contributed by atoms with Gasteiger partial charge in [0.2, 0.25) is 0 Å². The van der Waals surface area contributed by atoms with E-state index in [1.807, 2.05) is 18.2 Å². The standard InChI is InChI=1S/C12H18N2O2S/c1-12(2,3)8-5-6-10(16-4)9(7-8)14(17)11(13)15/h5-7,17H,1-4H3,(H2,13,15). The number of nitrogens with two attached hydrogens (primary N) is 1. The number of rotatable bonds is 2. The van der Waals surface area contributed by atoms with Gasteiger partial charge in [0, 0.05) is 0 Å². The van der Waals surface area contributed by atoms with E-state index in [9.17, 15) is 4.79 Å². The van der Waals surface area contributed by atoms with Crippen molar-refractivity contribution in [2.45, 2.75) is 26.2 Å². The fraction of sp³-hybridized carbons (Fsp3) is 0.417. The Balaban J connectivity index is 3.29. The van der Waals surface area contributed by atoms with Gasteiger partial charge in [0.25, 0.3) is 0 Å². The first-order valence-electron chi connectivity index (χ1n) is 5.24. The maximum Gasteiger partial charge on any atom is 0.329 e. The number of benzene rings is 1. The molecule has 0 radical (unpaired) electrons. The van der Waals surface area contributed by atoms with Gasteiger partial charge in [-0.25, -0.2) is 9.10 Å². The van der Waals surface area contributed by atoms with Crippen LogP contribution in [0.2, 0.25) is 0 Å². The lowest BCUT2D eigenvalue weighted by Crippen LogP contribution is -2.28. The zero-order valence-electron chi connectivity index (χ0n) is 10.5. The fourth-order valence-corrected chi connectivity index (χ4v) is 1.60. The highest BCUT2D eigenvalue weighted by Gasteiger charge is 2.19. The molecule has 2 N–H and O–H groups in total. The van der Waals surface area contributed by atoms with Crippen LogP contribution in [-0.2, 0) is 5.41 Å². The minimum absolute atomic E-state index is 0.0206. The molecule has 4 nitrogen and oxygen atoms in total. The Morgan fingerprint density at radius 2 is 2.00 bits per heavy atom. The number of methoxy groups -OCH3 is 1. The molecule has 1 aromatic rings. The van der Waals surface area contributed by atoms with Crippen molar-refractivity contribution in [1.29, 1.82) is 0 Å². The fourth-order valence-electron chi connectivity index (χ4n) is 1.44. The summed E-state index contributed by atoms with van der Waals surface area (Å²) in [7, 11) is 1.54. The maximum absolute atomic E-state index is 11.1. The van der Waals surface area contributed by atoms with E-state index >= 15 is 0 Å². The number of carbonyl (C=O) groups is 1. The molecular formula is C12H18N2O2S. The number of carbonyl (C=O) groups excluding carboxylic acids is 1. The van der Waals surface area contributed by atoms with Gasteiger partial charge >= 0.3 is 6.03 Å². The number of urea groups is 1. The molecule has 1 rings (SSSR count). The van der Waals surface area contributed by atoms with E-state index in [1.54, 1.807) is 0 Å². The van der Waals surface area contributed by atoms with Crippen molar-refractivity contribution in [2.24, 2.45) is 5.73 Å². The van der Waals surface area contributed by atoms with Crippen molar-refractivity contribution in [3.8, 4) is 5.75 Å². The Labute approximate surface area is 107 Å². The monoisotopic (exact) mass is 254 g/mol. The van der Waals surface area contributed by atoms with Gasteiger partial charge in [-0.2, -0.15) is 0 Å². The molecule has 0 aliphatic heterocycles. The van der Waals surface area contributed by atoms with E-state index < -0.39 is 6.03 Å². The van der Waals surface area contributed by atoms with Crippen LogP contribution in [0.25, 0.3) is 0 Å². The van der Waals surface area contributed by atoms with E-state index in [1.165, 1.54) is 7.11 Å². The highest BCUT2D eigenvalue weighted by atomic mass is 32.1. The van der Waals surface area contributed by atoms with Crippen LogP contribution in [0.15, 0.2) is 18.2 Å². The Bertz CT molecular complexity index is 427. The maximum atomic E-state index is 11.1. The molecule has 1 aromatic carbocycles. The van der Waals surface area contributed by atoms with Gasteiger partial charge in [0.05, 0.1) is 12.8 Å². The van der Waals surface area contributed by atoms with Gasteiger partial charge in [-0.05, 0) is 23.1 Å². The lowest BCUT2D eigenvalue weighted by atomic mass is 9.87. The van der Waals surface area contributed by atoms with Gasteiger partial charge in [-0.3, -0.25) is 0 Å². The average molecular weight is 254 g/mol.